The fourth-order valence-electron chi connectivity index (χ4n) is 4.76. The first-order chi connectivity index (χ1) is 18.3. The predicted molar refractivity (Wildman–Crippen MR) is 136 cm³/mol. The molecule has 2 fully saturated rings. The maximum atomic E-state index is 13.3. The van der Waals surface area contributed by atoms with Crippen LogP contribution in [-0.2, 0) is 21.9 Å². The number of carbonyl (C=O) groups is 1. The second-order valence-electron chi connectivity index (χ2n) is 9.37. The largest absolute Gasteiger partial charge is 0.423 e. The first-order valence-corrected chi connectivity index (χ1v) is 12.2. The summed E-state index contributed by atoms with van der Waals surface area (Å²) in [4.78, 5) is 27.6. The van der Waals surface area contributed by atoms with Gasteiger partial charge in [0.05, 0.1) is 16.6 Å². The van der Waals surface area contributed by atoms with E-state index in [0.29, 0.717) is 57.8 Å². The lowest BCUT2D eigenvalue weighted by Crippen LogP contribution is -2.50. The second-order valence-corrected chi connectivity index (χ2v) is 9.37. The van der Waals surface area contributed by atoms with Gasteiger partial charge in [0.15, 0.2) is 0 Å². The highest BCUT2D eigenvalue weighted by Crippen LogP contribution is 2.39. The number of nitrogens with zero attached hydrogens (tertiary/aromatic N) is 4. The lowest BCUT2D eigenvalue weighted by atomic mass is 10.1. The van der Waals surface area contributed by atoms with Crippen molar-refractivity contribution in [2.45, 2.75) is 38.7 Å². The molecule has 0 aliphatic carbocycles. The lowest BCUT2D eigenvalue weighted by Gasteiger charge is -2.37. The van der Waals surface area contributed by atoms with Gasteiger partial charge in [-0.15, -0.1) is 0 Å². The molecule has 8 nitrogen and oxygen atoms in total. The summed E-state index contributed by atoms with van der Waals surface area (Å²) in [5, 5.41) is 11.0. The molecular weight excluding hydrogens is 546 g/mol. The summed E-state index contributed by atoms with van der Waals surface area (Å²) in [6, 6.07) is 7.98. The number of nitro benzene ring substituents is 1. The third-order valence-electron chi connectivity index (χ3n) is 6.90. The van der Waals surface area contributed by atoms with E-state index in [1.54, 1.807) is 20.8 Å². The van der Waals surface area contributed by atoms with Crippen LogP contribution < -0.4 is 9.80 Å². The molecule has 2 aromatic rings. The van der Waals surface area contributed by atoms with Gasteiger partial charge in [-0.2, -0.15) is 26.3 Å². The molecule has 4 rings (SSSR count). The Morgan fingerprint density at radius 3 is 2.05 bits per heavy atom. The van der Waals surface area contributed by atoms with E-state index in [0.717, 1.165) is 24.3 Å². The van der Waals surface area contributed by atoms with Crippen molar-refractivity contribution in [3.63, 3.8) is 0 Å². The smallest absolute Gasteiger partial charge is 0.371 e. The standard InChI is InChI=1S/C25H26F6N4O4.CH4/c26-24(27,28)17-2-1-3-18(14-17)33-10-12-34(13-11-33)23(36)16-39-20-6-8-32(9-7-20)19-4-5-22(35(37)38)21(15-19)25(29,30)31;/h1-5,14-15,20H,6-13,16H2;1H4. The number of amides is 1. The SMILES string of the molecule is C.O=C(COC1CCN(c2ccc([N+](=O)[O-])c(C(F)(F)F)c2)CC1)N1CCN(c2cccc(C(F)(F)F)c2)CC1. The van der Waals surface area contributed by atoms with Crippen LogP contribution >= 0.6 is 0 Å². The van der Waals surface area contributed by atoms with Crippen LogP contribution in [-0.4, -0.2) is 67.7 Å². The van der Waals surface area contributed by atoms with E-state index < -0.39 is 34.1 Å². The third-order valence-corrected chi connectivity index (χ3v) is 6.90. The minimum Gasteiger partial charge on any atom is -0.371 e. The molecular formula is C26H30F6N4O4. The van der Waals surface area contributed by atoms with Gasteiger partial charge < -0.3 is 19.4 Å². The number of rotatable bonds is 6. The molecule has 0 bridgehead atoms. The number of halogens is 6. The van der Waals surface area contributed by atoms with Gasteiger partial charge in [0.1, 0.15) is 12.2 Å². The van der Waals surface area contributed by atoms with Crippen molar-refractivity contribution in [3.8, 4) is 0 Å². The number of hydrogen-bond donors (Lipinski definition) is 0. The number of hydrogen-bond acceptors (Lipinski definition) is 6. The van der Waals surface area contributed by atoms with Crippen molar-refractivity contribution in [1.82, 2.24) is 4.90 Å². The minimum absolute atomic E-state index is 0. The van der Waals surface area contributed by atoms with Crippen LogP contribution in [0.4, 0.5) is 43.4 Å². The minimum atomic E-state index is -4.86. The molecule has 0 atom stereocenters. The van der Waals surface area contributed by atoms with Crippen LogP contribution in [0.2, 0.25) is 0 Å². The predicted octanol–water partition coefficient (Wildman–Crippen LogP) is 5.60. The number of ether oxygens (including phenoxy) is 1. The lowest BCUT2D eigenvalue weighted by molar-refractivity contribution is -0.388. The van der Waals surface area contributed by atoms with Gasteiger partial charge in [-0.05, 0) is 43.2 Å². The van der Waals surface area contributed by atoms with E-state index in [4.69, 9.17) is 4.74 Å². The number of carbonyl (C=O) groups excluding carboxylic acids is 1. The van der Waals surface area contributed by atoms with Crippen LogP contribution in [0.5, 0.6) is 0 Å². The number of alkyl halides is 6. The Labute approximate surface area is 227 Å². The van der Waals surface area contributed by atoms with E-state index in [1.165, 1.54) is 12.1 Å². The zero-order chi connectivity index (χ0) is 28.4. The van der Waals surface area contributed by atoms with Crippen molar-refractivity contribution in [1.29, 1.82) is 0 Å². The molecule has 2 saturated heterocycles. The summed E-state index contributed by atoms with van der Waals surface area (Å²) < 4.78 is 84.6. The molecule has 2 aliphatic heterocycles. The number of piperazine rings is 1. The summed E-state index contributed by atoms with van der Waals surface area (Å²) in [6.07, 6.45) is -8.67. The third kappa shape index (κ3) is 7.34. The first-order valence-electron chi connectivity index (χ1n) is 12.2. The van der Waals surface area contributed by atoms with Gasteiger partial charge in [-0.25, -0.2) is 0 Å². The Balaban J connectivity index is 0.00000441. The van der Waals surface area contributed by atoms with Gasteiger partial charge in [0.25, 0.3) is 5.69 Å². The normalized spacial score (nSPS) is 17.0. The average molecular weight is 577 g/mol. The Kier molecular flexibility index (Phi) is 9.54. The molecule has 14 heteroatoms. The second kappa shape index (κ2) is 12.3. The monoisotopic (exact) mass is 576 g/mol. The molecule has 0 radical (unpaired) electrons. The van der Waals surface area contributed by atoms with Crippen molar-refractivity contribution in [2.24, 2.45) is 0 Å². The van der Waals surface area contributed by atoms with Gasteiger partial charge >= 0.3 is 12.4 Å². The number of piperidine rings is 1. The molecule has 2 aromatic carbocycles. The quantitative estimate of drug-likeness (QED) is 0.253. The van der Waals surface area contributed by atoms with E-state index in [1.807, 2.05) is 0 Å². The van der Waals surface area contributed by atoms with Crippen LogP contribution in [0.3, 0.4) is 0 Å². The Bertz CT molecular complexity index is 1190. The van der Waals surface area contributed by atoms with E-state index in [-0.39, 0.29) is 31.7 Å². The molecule has 0 spiro atoms. The summed E-state index contributed by atoms with van der Waals surface area (Å²) in [7, 11) is 0. The van der Waals surface area contributed by atoms with E-state index >= 15 is 0 Å². The molecule has 0 unspecified atom stereocenters. The molecule has 40 heavy (non-hydrogen) atoms. The highest BCUT2D eigenvalue weighted by molar-refractivity contribution is 5.77. The number of benzene rings is 2. The summed E-state index contributed by atoms with van der Waals surface area (Å²) in [5.41, 5.74) is -2.37. The Hall–Kier alpha value is -3.55. The average Bonchev–Trinajstić information content (AvgIpc) is 2.91. The fraction of sp³-hybridized carbons (Fsp3) is 0.500. The van der Waals surface area contributed by atoms with Crippen LogP contribution in [0.1, 0.15) is 31.4 Å². The zero-order valence-electron chi connectivity index (χ0n) is 20.7. The van der Waals surface area contributed by atoms with Crippen molar-refractivity contribution in [3.05, 3.63) is 63.7 Å². The van der Waals surface area contributed by atoms with Gasteiger partial charge in [-0.3, -0.25) is 14.9 Å². The summed E-state index contributed by atoms with van der Waals surface area (Å²) >= 11 is 0. The van der Waals surface area contributed by atoms with Crippen LogP contribution in [0.25, 0.3) is 0 Å². The maximum Gasteiger partial charge on any atom is 0.423 e. The molecule has 0 saturated carbocycles. The first kappa shape index (κ1) is 31.0. The van der Waals surface area contributed by atoms with Gasteiger partial charge in [-0.1, -0.05) is 13.5 Å². The summed E-state index contributed by atoms with van der Waals surface area (Å²) in [6.45, 7) is 1.94. The highest BCUT2D eigenvalue weighted by atomic mass is 19.4. The topological polar surface area (TPSA) is 79.2 Å². The molecule has 220 valence electrons. The summed E-state index contributed by atoms with van der Waals surface area (Å²) in [5.74, 6) is -0.244. The van der Waals surface area contributed by atoms with Crippen LogP contribution in [0.15, 0.2) is 42.5 Å². The zero-order valence-corrected chi connectivity index (χ0v) is 20.7. The molecule has 2 heterocycles. The highest BCUT2D eigenvalue weighted by Gasteiger charge is 2.39. The Morgan fingerprint density at radius 1 is 0.875 bits per heavy atom. The Morgan fingerprint density at radius 2 is 1.48 bits per heavy atom. The van der Waals surface area contributed by atoms with Gasteiger partial charge in [0.2, 0.25) is 5.91 Å². The number of nitro groups is 1. The van der Waals surface area contributed by atoms with E-state index in [9.17, 15) is 41.3 Å². The fourth-order valence-corrected chi connectivity index (χ4v) is 4.76. The van der Waals surface area contributed by atoms with Crippen molar-refractivity contribution >= 4 is 23.0 Å². The molecule has 1 amide bonds. The van der Waals surface area contributed by atoms with Crippen LogP contribution in [0, 0.1) is 10.1 Å². The molecule has 2 aliphatic rings. The molecule has 0 aromatic heterocycles. The molecule has 0 N–H and O–H groups in total. The van der Waals surface area contributed by atoms with Crippen molar-refractivity contribution < 1.29 is 40.8 Å². The maximum absolute atomic E-state index is 13.3. The van der Waals surface area contributed by atoms with Gasteiger partial charge in [0, 0.05) is 56.7 Å². The van der Waals surface area contributed by atoms with Crippen molar-refractivity contribution in [2.75, 3.05) is 55.7 Å². The number of anilines is 2. The van der Waals surface area contributed by atoms with E-state index in [2.05, 4.69) is 0 Å².